The fourth-order valence-corrected chi connectivity index (χ4v) is 3.11. The van der Waals surface area contributed by atoms with Gasteiger partial charge in [0.1, 0.15) is 30.7 Å². The highest BCUT2D eigenvalue weighted by molar-refractivity contribution is 5.86. The molecule has 4 rings (SSSR count). The third-order valence-electron chi connectivity index (χ3n) is 4.77. The summed E-state index contributed by atoms with van der Waals surface area (Å²) in [6.45, 7) is 0.808. The molecule has 7 heteroatoms. The van der Waals surface area contributed by atoms with Gasteiger partial charge in [0.2, 0.25) is 5.76 Å². The molecule has 0 N–H and O–H groups in total. The first kappa shape index (κ1) is 20.4. The second-order valence-corrected chi connectivity index (χ2v) is 6.94. The number of hydrogen-bond donors (Lipinski definition) is 0. The van der Waals surface area contributed by atoms with E-state index in [1.54, 1.807) is 12.3 Å². The maximum absolute atomic E-state index is 11.7. The minimum atomic E-state index is -0.582. The van der Waals surface area contributed by atoms with Crippen LogP contribution in [-0.4, -0.2) is 24.5 Å². The topological polar surface area (TPSA) is 83.2 Å². The van der Waals surface area contributed by atoms with E-state index in [2.05, 4.69) is 14.9 Å². The summed E-state index contributed by atoms with van der Waals surface area (Å²) in [5, 5.41) is 3.97. The normalized spacial score (nSPS) is 15.6. The van der Waals surface area contributed by atoms with Crippen LogP contribution in [-0.2, 0) is 27.4 Å². The molecule has 0 radical (unpaired) electrons. The quantitative estimate of drug-likeness (QED) is 0.496. The number of rotatable bonds is 8. The van der Waals surface area contributed by atoms with Gasteiger partial charge in [0.15, 0.2) is 5.76 Å². The lowest BCUT2D eigenvalue weighted by Gasteiger charge is -2.21. The fraction of sp³-hybridized carbons (Fsp3) is 0.208. The van der Waals surface area contributed by atoms with Crippen molar-refractivity contribution in [2.75, 3.05) is 7.11 Å². The highest BCUT2D eigenvalue weighted by Crippen LogP contribution is 2.31. The van der Waals surface area contributed by atoms with E-state index < -0.39 is 5.97 Å². The van der Waals surface area contributed by atoms with Crippen LogP contribution >= 0.6 is 0 Å². The second-order valence-electron chi connectivity index (χ2n) is 6.94. The number of allylic oxidation sites excluding steroid dienone is 1. The van der Waals surface area contributed by atoms with Crippen molar-refractivity contribution in [2.24, 2.45) is 4.99 Å². The zero-order valence-corrected chi connectivity index (χ0v) is 17.1. The Balaban J connectivity index is 1.51. The summed E-state index contributed by atoms with van der Waals surface area (Å²) in [5.74, 6) is 0.700. The fourth-order valence-electron chi connectivity index (χ4n) is 3.11. The van der Waals surface area contributed by atoms with Crippen LogP contribution in [0.25, 0.3) is 0 Å². The van der Waals surface area contributed by atoms with E-state index in [0.29, 0.717) is 36.8 Å². The predicted molar refractivity (Wildman–Crippen MR) is 113 cm³/mol. The highest BCUT2D eigenvalue weighted by atomic mass is 16.5. The third kappa shape index (κ3) is 5.19. The molecular weight excluding hydrogens is 396 g/mol. The van der Waals surface area contributed by atoms with Gasteiger partial charge in [0, 0.05) is 12.5 Å². The zero-order chi connectivity index (χ0) is 21.5. The maximum Gasteiger partial charge on any atom is 0.376 e. The average Bonchev–Trinajstić information content (AvgIpc) is 3.33. The van der Waals surface area contributed by atoms with Crippen LogP contribution in [0.2, 0.25) is 0 Å². The van der Waals surface area contributed by atoms with E-state index in [9.17, 15) is 4.79 Å². The monoisotopic (exact) mass is 418 g/mol. The van der Waals surface area contributed by atoms with E-state index in [-0.39, 0.29) is 11.8 Å². The lowest BCUT2D eigenvalue weighted by molar-refractivity contribution is 0.0554. The lowest BCUT2D eigenvalue weighted by atomic mass is 10.1. The van der Waals surface area contributed by atoms with Crippen LogP contribution in [0.4, 0.5) is 0 Å². The molecule has 0 saturated heterocycles. The number of methoxy groups -OCH3 is 1. The van der Waals surface area contributed by atoms with Gasteiger partial charge in [0.25, 0.3) is 0 Å². The van der Waals surface area contributed by atoms with Gasteiger partial charge in [-0.2, -0.15) is 0 Å². The number of nitrogens with zero attached hydrogens (tertiary/aromatic N) is 2. The van der Waals surface area contributed by atoms with E-state index in [1.165, 1.54) is 7.11 Å². The number of esters is 1. The van der Waals surface area contributed by atoms with Crippen molar-refractivity contribution in [3.63, 3.8) is 0 Å². The van der Waals surface area contributed by atoms with E-state index in [4.69, 9.17) is 14.0 Å². The summed E-state index contributed by atoms with van der Waals surface area (Å²) >= 11 is 0. The van der Waals surface area contributed by atoms with E-state index in [0.717, 1.165) is 11.1 Å². The second kappa shape index (κ2) is 9.75. The standard InChI is InChI=1S/C24H22N2O5/c1-28-24(27)22-13-20(26-31-22)19-12-21(29-15-17-8-4-2-5-9-17)23(14-25-19)30-16-18-10-6-3-7-11-18/h2-11,13-14,19H,12,15-16H2,1H3. The molecule has 3 aromatic rings. The zero-order valence-electron chi connectivity index (χ0n) is 17.1. The van der Waals surface area contributed by atoms with Crippen LogP contribution < -0.4 is 0 Å². The van der Waals surface area contributed by atoms with Gasteiger partial charge in [-0.1, -0.05) is 65.8 Å². The first-order valence-electron chi connectivity index (χ1n) is 9.87. The molecule has 1 aliphatic rings. The number of ether oxygens (including phenoxy) is 3. The molecule has 0 spiro atoms. The Morgan fingerprint density at radius 3 is 2.29 bits per heavy atom. The number of dihydropyridines is 1. The van der Waals surface area contributed by atoms with Gasteiger partial charge in [-0.25, -0.2) is 4.79 Å². The molecule has 0 bridgehead atoms. The Morgan fingerprint density at radius 2 is 1.65 bits per heavy atom. The smallest absolute Gasteiger partial charge is 0.376 e. The van der Waals surface area contributed by atoms with Crippen molar-refractivity contribution >= 4 is 12.2 Å². The van der Waals surface area contributed by atoms with Crippen molar-refractivity contribution in [1.29, 1.82) is 0 Å². The van der Waals surface area contributed by atoms with Crippen molar-refractivity contribution in [2.45, 2.75) is 25.7 Å². The Morgan fingerprint density at radius 1 is 1.00 bits per heavy atom. The maximum atomic E-state index is 11.7. The molecule has 0 amide bonds. The molecular formula is C24H22N2O5. The number of aliphatic imine (C=N–C) groups is 1. The van der Waals surface area contributed by atoms with E-state index in [1.807, 2.05) is 60.7 Å². The molecule has 2 aromatic carbocycles. The molecule has 1 aromatic heterocycles. The number of hydrogen-bond acceptors (Lipinski definition) is 7. The largest absolute Gasteiger partial charge is 0.489 e. The third-order valence-corrected chi connectivity index (χ3v) is 4.77. The minimum Gasteiger partial charge on any atom is -0.489 e. The van der Waals surface area contributed by atoms with Crippen LogP contribution in [0, 0.1) is 0 Å². The SMILES string of the molecule is COC(=O)c1cc(C2CC(OCc3ccccc3)=C(OCc3ccccc3)C=N2)no1. The molecule has 1 unspecified atom stereocenters. The van der Waals surface area contributed by atoms with Crippen LogP contribution in [0.1, 0.15) is 39.8 Å². The van der Waals surface area contributed by atoms with Gasteiger partial charge >= 0.3 is 5.97 Å². The summed E-state index contributed by atoms with van der Waals surface area (Å²) in [7, 11) is 1.29. The van der Waals surface area contributed by atoms with Gasteiger partial charge in [-0.05, 0) is 11.1 Å². The summed E-state index contributed by atoms with van der Waals surface area (Å²) < 4.78 is 21.9. The van der Waals surface area contributed by atoms with Crippen molar-refractivity contribution in [1.82, 2.24) is 5.16 Å². The Kier molecular flexibility index (Phi) is 6.42. The van der Waals surface area contributed by atoms with Gasteiger partial charge in [0.05, 0.1) is 13.3 Å². The first-order chi connectivity index (χ1) is 15.2. The van der Waals surface area contributed by atoms with Crippen molar-refractivity contribution < 1.29 is 23.5 Å². The molecule has 0 fully saturated rings. The van der Waals surface area contributed by atoms with Crippen molar-refractivity contribution in [3.8, 4) is 0 Å². The molecule has 0 aliphatic carbocycles. The first-order valence-corrected chi connectivity index (χ1v) is 9.87. The summed E-state index contributed by atoms with van der Waals surface area (Å²) in [5.41, 5.74) is 2.62. The summed E-state index contributed by atoms with van der Waals surface area (Å²) in [6.07, 6.45) is 2.07. The Labute approximate surface area is 179 Å². The number of carbonyl (C=O) groups is 1. The summed E-state index contributed by atoms with van der Waals surface area (Å²) in [6, 6.07) is 21.0. The molecule has 158 valence electrons. The van der Waals surface area contributed by atoms with Crippen molar-refractivity contribution in [3.05, 3.63) is 101 Å². The van der Waals surface area contributed by atoms with Crippen LogP contribution in [0.5, 0.6) is 0 Å². The minimum absolute atomic E-state index is 0.0366. The molecule has 31 heavy (non-hydrogen) atoms. The van der Waals surface area contributed by atoms with Gasteiger partial charge in [-0.15, -0.1) is 0 Å². The van der Waals surface area contributed by atoms with Gasteiger partial charge < -0.3 is 18.7 Å². The average molecular weight is 418 g/mol. The van der Waals surface area contributed by atoms with E-state index >= 15 is 0 Å². The number of aromatic nitrogens is 1. The molecule has 0 saturated carbocycles. The van der Waals surface area contributed by atoms with Gasteiger partial charge in [-0.3, -0.25) is 4.99 Å². The Hall–Kier alpha value is -3.87. The summed E-state index contributed by atoms with van der Waals surface area (Å²) in [4.78, 5) is 16.2. The Bertz CT molecular complexity index is 1070. The molecule has 7 nitrogen and oxygen atoms in total. The molecule has 1 aliphatic heterocycles. The highest BCUT2D eigenvalue weighted by Gasteiger charge is 2.26. The molecule has 1 atom stereocenters. The van der Waals surface area contributed by atoms with Crippen LogP contribution in [0.3, 0.4) is 0 Å². The van der Waals surface area contributed by atoms with Crippen LogP contribution in [0.15, 0.2) is 87.8 Å². The number of carbonyl (C=O) groups excluding carboxylic acids is 1. The lowest BCUT2D eigenvalue weighted by Crippen LogP contribution is -2.12. The molecule has 2 heterocycles. The predicted octanol–water partition coefficient (Wildman–Crippen LogP) is 4.62. The number of benzene rings is 2.